The van der Waals surface area contributed by atoms with Crippen LogP contribution in [0.5, 0.6) is 0 Å². The lowest BCUT2D eigenvalue weighted by atomic mass is 10.1. The first kappa shape index (κ1) is 13.3. The van der Waals surface area contributed by atoms with Crippen molar-refractivity contribution in [2.24, 2.45) is 9.98 Å². The van der Waals surface area contributed by atoms with Crippen LogP contribution >= 0.6 is 11.8 Å². The Morgan fingerprint density at radius 2 is 2.19 bits per heavy atom. The SMILES string of the molecule is CCNC1=NC=NC(NC(C)(C)C)(SC)N1. The van der Waals surface area contributed by atoms with Crippen LogP contribution in [-0.2, 0) is 0 Å². The summed E-state index contributed by atoms with van der Waals surface area (Å²) >= 11 is 1.61. The van der Waals surface area contributed by atoms with Gasteiger partial charge in [-0.1, -0.05) is 11.8 Å². The van der Waals surface area contributed by atoms with Gasteiger partial charge in [0.25, 0.3) is 0 Å². The third-order valence-corrected chi connectivity index (χ3v) is 2.80. The van der Waals surface area contributed by atoms with E-state index in [1.165, 1.54) is 0 Å². The van der Waals surface area contributed by atoms with Gasteiger partial charge in [-0.3, -0.25) is 5.32 Å². The van der Waals surface area contributed by atoms with Gasteiger partial charge in [-0.2, -0.15) is 0 Å². The highest BCUT2D eigenvalue weighted by atomic mass is 32.2. The maximum atomic E-state index is 4.39. The van der Waals surface area contributed by atoms with Crippen molar-refractivity contribution in [2.45, 2.75) is 38.4 Å². The van der Waals surface area contributed by atoms with E-state index in [1.807, 2.05) is 13.2 Å². The van der Waals surface area contributed by atoms with E-state index >= 15 is 0 Å². The predicted molar refractivity (Wildman–Crippen MR) is 71.9 cm³/mol. The molecule has 1 unspecified atom stereocenters. The number of guanidine groups is 1. The first-order valence-corrected chi connectivity index (χ1v) is 6.61. The molecule has 1 aliphatic heterocycles. The largest absolute Gasteiger partial charge is 0.356 e. The molecule has 0 amide bonds. The lowest BCUT2D eigenvalue weighted by Gasteiger charge is -2.38. The van der Waals surface area contributed by atoms with Crippen molar-refractivity contribution in [2.75, 3.05) is 12.8 Å². The first-order chi connectivity index (χ1) is 7.41. The standard InChI is InChI=1S/C10H21N5S/c1-6-11-8-12-7-13-10(14-8,16-5)15-9(2,3)4/h7,15H,6H2,1-5H3,(H2,11,12,13,14). The van der Waals surface area contributed by atoms with E-state index in [1.54, 1.807) is 18.1 Å². The molecule has 1 heterocycles. The summed E-state index contributed by atoms with van der Waals surface area (Å²) in [5, 5.41) is 9.33. The lowest BCUT2D eigenvalue weighted by molar-refractivity contribution is 0.321. The molecule has 16 heavy (non-hydrogen) atoms. The molecule has 0 saturated carbocycles. The van der Waals surface area contributed by atoms with Gasteiger partial charge in [-0.05, 0) is 34.0 Å². The molecule has 5 nitrogen and oxygen atoms in total. The maximum Gasteiger partial charge on any atom is 0.238 e. The minimum atomic E-state index is -0.530. The molecule has 1 rings (SSSR count). The monoisotopic (exact) mass is 243 g/mol. The zero-order valence-electron chi connectivity index (χ0n) is 10.6. The molecule has 0 radical (unpaired) electrons. The third kappa shape index (κ3) is 3.68. The second kappa shape index (κ2) is 5.05. The topological polar surface area (TPSA) is 60.8 Å². The van der Waals surface area contributed by atoms with Crippen LogP contribution in [0.1, 0.15) is 27.7 Å². The molecule has 1 atom stereocenters. The predicted octanol–water partition coefficient (Wildman–Crippen LogP) is 0.946. The molecule has 92 valence electrons. The Hall–Kier alpha value is -0.750. The summed E-state index contributed by atoms with van der Waals surface area (Å²) in [4.78, 5) is 8.53. The quantitative estimate of drug-likeness (QED) is 0.646. The van der Waals surface area contributed by atoms with E-state index in [0.717, 1.165) is 12.5 Å². The molecule has 0 fully saturated rings. The second-order valence-corrected chi connectivity index (χ2v) is 5.60. The molecule has 0 bridgehead atoms. The Bertz CT molecular complexity index is 294. The molecular weight excluding hydrogens is 222 g/mol. The Morgan fingerprint density at radius 1 is 1.50 bits per heavy atom. The van der Waals surface area contributed by atoms with Crippen LogP contribution in [0, 0.1) is 0 Å². The molecule has 0 aliphatic carbocycles. The van der Waals surface area contributed by atoms with Gasteiger partial charge in [-0.25, -0.2) is 9.98 Å². The normalized spacial score (nSPS) is 24.9. The highest BCUT2D eigenvalue weighted by Crippen LogP contribution is 2.22. The van der Waals surface area contributed by atoms with Gasteiger partial charge >= 0.3 is 0 Å². The Morgan fingerprint density at radius 3 is 2.69 bits per heavy atom. The number of nitrogens with one attached hydrogen (secondary N) is 3. The van der Waals surface area contributed by atoms with E-state index in [4.69, 9.17) is 0 Å². The van der Waals surface area contributed by atoms with Gasteiger partial charge in [0.15, 0.2) is 0 Å². The third-order valence-electron chi connectivity index (χ3n) is 1.90. The fraction of sp³-hybridized carbons (Fsp3) is 0.800. The van der Waals surface area contributed by atoms with E-state index in [-0.39, 0.29) is 5.54 Å². The van der Waals surface area contributed by atoms with Crippen LogP contribution in [-0.4, -0.2) is 35.8 Å². The van der Waals surface area contributed by atoms with E-state index < -0.39 is 5.12 Å². The summed E-state index contributed by atoms with van der Waals surface area (Å²) in [6.45, 7) is 9.20. The van der Waals surface area contributed by atoms with Gasteiger partial charge in [-0.15, -0.1) is 0 Å². The molecule has 0 aromatic heterocycles. The van der Waals surface area contributed by atoms with Crippen molar-refractivity contribution in [3.63, 3.8) is 0 Å². The molecule has 0 aromatic carbocycles. The molecule has 0 aromatic rings. The second-order valence-electron chi connectivity index (χ2n) is 4.60. The van der Waals surface area contributed by atoms with E-state index in [0.29, 0.717) is 0 Å². The van der Waals surface area contributed by atoms with Crippen molar-refractivity contribution in [1.29, 1.82) is 0 Å². The maximum absolute atomic E-state index is 4.39. The van der Waals surface area contributed by atoms with Crippen LogP contribution in [0.3, 0.4) is 0 Å². The van der Waals surface area contributed by atoms with E-state index in [9.17, 15) is 0 Å². The number of hydrogen-bond donors (Lipinski definition) is 3. The molecular formula is C10H21N5S. The zero-order valence-corrected chi connectivity index (χ0v) is 11.4. The Kier molecular flexibility index (Phi) is 4.21. The number of nitrogens with zero attached hydrogens (tertiary/aromatic N) is 2. The summed E-state index contributed by atoms with van der Waals surface area (Å²) in [6, 6.07) is 0. The number of hydrogen-bond acceptors (Lipinski definition) is 6. The number of thioether (sulfide) groups is 1. The van der Waals surface area contributed by atoms with Crippen molar-refractivity contribution in [3.05, 3.63) is 0 Å². The zero-order chi connectivity index (χ0) is 12.2. The van der Waals surface area contributed by atoms with Crippen LogP contribution in [0.25, 0.3) is 0 Å². The summed E-state index contributed by atoms with van der Waals surface area (Å²) in [7, 11) is 0. The molecule has 0 spiro atoms. The summed E-state index contributed by atoms with van der Waals surface area (Å²) < 4.78 is 0. The summed E-state index contributed by atoms with van der Waals surface area (Å²) in [6.07, 6.45) is 3.60. The first-order valence-electron chi connectivity index (χ1n) is 5.39. The Balaban J connectivity index is 2.77. The molecule has 1 aliphatic rings. The fourth-order valence-corrected chi connectivity index (χ4v) is 2.14. The average Bonchev–Trinajstić information content (AvgIpc) is 2.16. The van der Waals surface area contributed by atoms with Gasteiger partial charge in [0, 0.05) is 12.1 Å². The van der Waals surface area contributed by atoms with Crippen LogP contribution in [0.2, 0.25) is 0 Å². The van der Waals surface area contributed by atoms with Gasteiger partial charge < -0.3 is 10.6 Å². The summed E-state index contributed by atoms with van der Waals surface area (Å²) in [5.74, 6) is 0.753. The molecule has 3 N–H and O–H groups in total. The highest BCUT2D eigenvalue weighted by Gasteiger charge is 2.34. The van der Waals surface area contributed by atoms with Crippen molar-refractivity contribution in [1.82, 2.24) is 16.0 Å². The number of rotatable bonds is 3. The highest BCUT2D eigenvalue weighted by molar-refractivity contribution is 7.99. The molecule has 0 saturated heterocycles. The van der Waals surface area contributed by atoms with Crippen molar-refractivity contribution in [3.8, 4) is 0 Å². The van der Waals surface area contributed by atoms with E-state index in [2.05, 4.69) is 46.7 Å². The smallest absolute Gasteiger partial charge is 0.238 e. The van der Waals surface area contributed by atoms with Crippen molar-refractivity contribution >= 4 is 24.1 Å². The van der Waals surface area contributed by atoms with Gasteiger partial charge in [0.2, 0.25) is 11.1 Å². The van der Waals surface area contributed by atoms with Crippen LogP contribution in [0.4, 0.5) is 0 Å². The van der Waals surface area contributed by atoms with Crippen LogP contribution < -0.4 is 16.0 Å². The Labute approximate surface area is 102 Å². The fourth-order valence-electron chi connectivity index (χ4n) is 1.38. The van der Waals surface area contributed by atoms with Gasteiger partial charge in [0.05, 0.1) is 0 Å². The van der Waals surface area contributed by atoms with Gasteiger partial charge in [0.1, 0.15) is 6.34 Å². The van der Waals surface area contributed by atoms with Crippen molar-refractivity contribution < 1.29 is 0 Å². The lowest BCUT2D eigenvalue weighted by Crippen LogP contribution is -2.63. The molecule has 6 heteroatoms. The summed E-state index contributed by atoms with van der Waals surface area (Å²) in [5.41, 5.74) is -0.0258. The number of aliphatic imine (C=N–C) groups is 2. The van der Waals surface area contributed by atoms with Crippen LogP contribution in [0.15, 0.2) is 9.98 Å². The minimum Gasteiger partial charge on any atom is -0.356 e. The average molecular weight is 243 g/mol. The minimum absolute atomic E-state index is 0.0258.